The second kappa shape index (κ2) is 7.12. The SMILES string of the molecule is O=C(N1CCCC12CCCN(C1CCC(O)CC1)C2=O)C1(c2ccccc2)CC1. The van der Waals surface area contributed by atoms with E-state index in [9.17, 15) is 14.7 Å². The van der Waals surface area contributed by atoms with E-state index in [0.29, 0.717) is 6.54 Å². The molecule has 2 amide bonds. The van der Waals surface area contributed by atoms with Crippen LogP contribution in [0.25, 0.3) is 0 Å². The number of benzene rings is 1. The van der Waals surface area contributed by atoms with Gasteiger partial charge in [-0.2, -0.15) is 0 Å². The fraction of sp³-hybridized carbons (Fsp3) is 0.667. The zero-order chi connectivity index (χ0) is 20.1. The van der Waals surface area contributed by atoms with Crippen molar-refractivity contribution in [3.63, 3.8) is 0 Å². The average Bonchev–Trinajstić information content (AvgIpc) is 3.46. The highest BCUT2D eigenvalue weighted by Crippen LogP contribution is 2.52. The van der Waals surface area contributed by atoms with Gasteiger partial charge < -0.3 is 14.9 Å². The van der Waals surface area contributed by atoms with Gasteiger partial charge in [-0.15, -0.1) is 0 Å². The molecule has 2 saturated heterocycles. The van der Waals surface area contributed by atoms with Gasteiger partial charge in [-0.25, -0.2) is 0 Å². The second-order valence-electron chi connectivity index (χ2n) is 9.60. The lowest BCUT2D eigenvalue weighted by atomic mass is 9.81. The van der Waals surface area contributed by atoms with Crippen molar-refractivity contribution in [3.05, 3.63) is 35.9 Å². The van der Waals surface area contributed by atoms with E-state index in [4.69, 9.17) is 0 Å². The zero-order valence-corrected chi connectivity index (χ0v) is 17.2. The van der Waals surface area contributed by atoms with Crippen molar-refractivity contribution in [1.82, 2.24) is 9.80 Å². The van der Waals surface area contributed by atoms with E-state index in [1.807, 2.05) is 23.1 Å². The first-order chi connectivity index (χ1) is 14.1. The summed E-state index contributed by atoms with van der Waals surface area (Å²) in [5.41, 5.74) is 0.0692. The smallest absolute Gasteiger partial charge is 0.248 e. The van der Waals surface area contributed by atoms with Crippen LogP contribution in [0.3, 0.4) is 0 Å². The van der Waals surface area contributed by atoms with Crippen molar-refractivity contribution in [1.29, 1.82) is 0 Å². The van der Waals surface area contributed by atoms with Gasteiger partial charge >= 0.3 is 0 Å². The lowest BCUT2D eigenvalue weighted by Crippen LogP contribution is -2.64. The number of carbonyl (C=O) groups excluding carboxylic acids is 2. The predicted octanol–water partition coefficient (Wildman–Crippen LogP) is 3.01. The summed E-state index contributed by atoms with van der Waals surface area (Å²) in [6, 6.07) is 10.4. The Hall–Kier alpha value is -1.88. The van der Waals surface area contributed by atoms with E-state index in [2.05, 4.69) is 17.0 Å². The van der Waals surface area contributed by atoms with Gasteiger partial charge in [0.1, 0.15) is 5.54 Å². The summed E-state index contributed by atoms with van der Waals surface area (Å²) in [7, 11) is 0. The summed E-state index contributed by atoms with van der Waals surface area (Å²) in [6.07, 6.45) is 8.36. The van der Waals surface area contributed by atoms with E-state index in [1.54, 1.807) is 0 Å². The van der Waals surface area contributed by atoms with Crippen LogP contribution in [0.2, 0.25) is 0 Å². The Kier molecular flexibility index (Phi) is 4.69. The Labute approximate surface area is 173 Å². The van der Waals surface area contributed by atoms with Gasteiger partial charge in [-0.05, 0) is 69.8 Å². The van der Waals surface area contributed by atoms with Crippen LogP contribution in [0, 0.1) is 0 Å². The lowest BCUT2D eigenvalue weighted by molar-refractivity contribution is -0.159. The van der Waals surface area contributed by atoms with Crippen molar-refractivity contribution in [2.45, 2.75) is 87.3 Å². The molecular weight excluding hydrogens is 364 g/mol. The number of nitrogens with zero attached hydrogens (tertiary/aromatic N) is 2. The van der Waals surface area contributed by atoms with Gasteiger partial charge in [-0.1, -0.05) is 30.3 Å². The van der Waals surface area contributed by atoms with Crippen LogP contribution in [-0.4, -0.2) is 57.5 Å². The fourth-order valence-corrected chi connectivity index (χ4v) is 6.16. The Morgan fingerprint density at radius 1 is 0.931 bits per heavy atom. The molecule has 1 unspecified atom stereocenters. The van der Waals surface area contributed by atoms with E-state index < -0.39 is 11.0 Å². The van der Waals surface area contributed by atoms with E-state index in [-0.39, 0.29) is 24.0 Å². The van der Waals surface area contributed by atoms with Crippen LogP contribution in [0.15, 0.2) is 30.3 Å². The van der Waals surface area contributed by atoms with Crippen molar-refractivity contribution < 1.29 is 14.7 Å². The number of aliphatic hydroxyl groups is 1. The topological polar surface area (TPSA) is 60.9 Å². The Morgan fingerprint density at radius 3 is 2.24 bits per heavy atom. The number of carbonyl (C=O) groups is 2. The molecule has 0 aromatic heterocycles. The number of hydrogen-bond acceptors (Lipinski definition) is 3. The molecule has 4 aliphatic rings. The molecule has 0 bridgehead atoms. The van der Waals surface area contributed by atoms with Crippen molar-refractivity contribution in [2.75, 3.05) is 13.1 Å². The maximum absolute atomic E-state index is 13.8. The molecule has 5 heteroatoms. The normalized spacial score (nSPS) is 33.9. The molecule has 2 saturated carbocycles. The highest BCUT2D eigenvalue weighted by molar-refractivity contribution is 5.98. The van der Waals surface area contributed by atoms with E-state index >= 15 is 0 Å². The maximum Gasteiger partial charge on any atom is 0.248 e. The minimum absolute atomic E-state index is 0.176. The number of aliphatic hydroxyl groups excluding tert-OH is 1. The minimum Gasteiger partial charge on any atom is -0.393 e. The molecule has 1 aromatic carbocycles. The Balaban J connectivity index is 1.40. The first-order valence-corrected chi connectivity index (χ1v) is 11.4. The third-order valence-corrected chi connectivity index (χ3v) is 7.97. The molecule has 2 heterocycles. The van der Waals surface area contributed by atoms with Crippen molar-refractivity contribution in [2.24, 2.45) is 0 Å². The molecule has 1 aromatic rings. The number of piperidine rings is 1. The first-order valence-electron chi connectivity index (χ1n) is 11.4. The van der Waals surface area contributed by atoms with Crippen LogP contribution >= 0.6 is 0 Å². The highest BCUT2D eigenvalue weighted by atomic mass is 16.3. The molecule has 1 atom stereocenters. The maximum atomic E-state index is 13.8. The first kappa shape index (κ1) is 19.1. The molecule has 156 valence electrons. The molecule has 1 N–H and O–H groups in total. The van der Waals surface area contributed by atoms with E-state index in [1.165, 1.54) is 0 Å². The quantitative estimate of drug-likeness (QED) is 0.854. The number of rotatable bonds is 3. The van der Waals surface area contributed by atoms with Crippen molar-refractivity contribution >= 4 is 11.8 Å². The largest absolute Gasteiger partial charge is 0.393 e. The summed E-state index contributed by atoms with van der Waals surface area (Å²) < 4.78 is 0. The summed E-state index contributed by atoms with van der Waals surface area (Å²) in [6.45, 7) is 1.50. The van der Waals surface area contributed by atoms with Gasteiger partial charge in [0.25, 0.3) is 0 Å². The van der Waals surface area contributed by atoms with Gasteiger partial charge in [0.15, 0.2) is 0 Å². The summed E-state index contributed by atoms with van der Waals surface area (Å²) in [5, 5.41) is 9.86. The third-order valence-electron chi connectivity index (χ3n) is 7.97. The average molecular weight is 397 g/mol. The van der Waals surface area contributed by atoms with E-state index in [0.717, 1.165) is 76.3 Å². The molecule has 5 rings (SSSR count). The lowest BCUT2D eigenvalue weighted by Gasteiger charge is -2.48. The third kappa shape index (κ3) is 3.00. The van der Waals surface area contributed by atoms with Gasteiger partial charge in [0.2, 0.25) is 11.8 Å². The predicted molar refractivity (Wildman–Crippen MR) is 110 cm³/mol. The highest BCUT2D eigenvalue weighted by Gasteiger charge is 2.60. The van der Waals surface area contributed by atoms with Crippen molar-refractivity contribution in [3.8, 4) is 0 Å². The van der Waals surface area contributed by atoms with Crippen LogP contribution in [0.1, 0.15) is 69.8 Å². The summed E-state index contributed by atoms with van der Waals surface area (Å²) in [4.78, 5) is 31.7. The molecule has 2 aliphatic heterocycles. The molecule has 5 nitrogen and oxygen atoms in total. The second-order valence-corrected chi connectivity index (χ2v) is 9.60. The standard InChI is InChI=1S/C24H32N2O3/c27-20-10-8-19(9-11-20)25-16-4-12-24(22(25)29)13-5-17-26(24)21(28)23(14-15-23)18-6-2-1-3-7-18/h1-3,6-7,19-20,27H,4-5,8-17H2. The minimum atomic E-state index is -0.629. The molecular formula is C24H32N2O3. The van der Waals surface area contributed by atoms with Crippen LogP contribution in [-0.2, 0) is 15.0 Å². The monoisotopic (exact) mass is 396 g/mol. The molecule has 4 fully saturated rings. The summed E-state index contributed by atoms with van der Waals surface area (Å²) >= 11 is 0. The molecule has 0 radical (unpaired) electrons. The number of hydrogen-bond donors (Lipinski definition) is 1. The van der Waals surface area contributed by atoms with Gasteiger partial charge in [0, 0.05) is 19.1 Å². The molecule has 1 spiro atoms. The van der Waals surface area contributed by atoms with Gasteiger partial charge in [0.05, 0.1) is 11.5 Å². The zero-order valence-electron chi connectivity index (χ0n) is 17.2. The number of likely N-dealkylation sites (tertiary alicyclic amines) is 2. The van der Waals surface area contributed by atoms with Crippen LogP contribution < -0.4 is 0 Å². The van der Waals surface area contributed by atoms with Gasteiger partial charge in [-0.3, -0.25) is 9.59 Å². The molecule has 2 aliphatic carbocycles. The Bertz CT molecular complexity index is 783. The van der Waals surface area contributed by atoms with Crippen LogP contribution in [0.4, 0.5) is 0 Å². The Morgan fingerprint density at radius 2 is 1.59 bits per heavy atom. The summed E-state index contributed by atoms with van der Waals surface area (Å²) in [5.74, 6) is 0.357. The number of amides is 2. The molecule has 29 heavy (non-hydrogen) atoms. The van der Waals surface area contributed by atoms with Crippen LogP contribution in [0.5, 0.6) is 0 Å². The fourth-order valence-electron chi connectivity index (χ4n) is 6.16.